The van der Waals surface area contributed by atoms with E-state index in [1.165, 1.54) is 6.08 Å². The summed E-state index contributed by atoms with van der Waals surface area (Å²) in [5.41, 5.74) is 1.41. The van der Waals surface area contributed by atoms with Crippen molar-refractivity contribution in [3.8, 4) is 0 Å². The van der Waals surface area contributed by atoms with Crippen LogP contribution in [0.3, 0.4) is 0 Å². The van der Waals surface area contributed by atoms with E-state index < -0.39 is 6.09 Å². The summed E-state index contributed by atoms with van der Waals surface area (Å²) >= 11 is 0. The molecule has 0 aliphatic rings. The summed E-state index contributed by atoms with van der Waals surface area (Å²) < 4.78 is 20.6. The first kappa shape index (κ1) is 25.6. The molecule has 0 aliphatic carbocycles. The van der Waals surface area contributed by atoms with Crippen molar-refractivity contribution in [2.75, 3.05) is 64.7 Å². The van der Waals surface area contributed by atoms with Crippen LogP contribution in [0.2, 0.25) is 0 Å². The van der Waals surface area contributed by atoms with Gasteiger partial charge in [0, 0.05) is 12.2 Å². The number of carbonyl (C=O) groups is 2. The smallest absolute Gasteiger partial charge is 0.411 e. The van der Waals surface area contributed by atoms with Gasteiger partial charge in [0.25, 0.3) is 0 Å². The van der Waals surface area contributed by atoms with E-state index in [2.05, 4.69) is 17.2 Å². The number of rotatable bonds is 16. The van der Waals surface area contributed by atoms with Gasteiger partial charge < -0.3 is 29.4 Å². The Labute approximate surface area is 177 Å². The summed E-state index contributed by atoms with van der Waals surface area (Å²) in [5.74, 6) is -0.448. The number of ether oxygens (including phenoxy) is 4. The molecule has 3 N–H and O–H groups in total. The molecule has 0 aromatic heterocycles. The van der Waals surface area contributed by atoms with Crippen molar-refractivity contribution < 1.29 is 33.6 Å². The van der Waals surface area contributed by atoms with Gasteiger partial charge in [-0.1, -0.05) is 24.8 Å². The van der Waals surface area contributed by atoms with Crippen LogP contribution in [-0.2, 0) is 23.7 Å². The van der Waals surface area contributed by atoms with Gasteiger partial charge in [-0.25, -0.2) is 4.79 Å². The molecular formula is C21H32N2O7. The van der Waals surface area contributed by atoms with Crippen LogP contribution in [0.25, 0.3) is 0 Å². The van der Waals surface area contributed by atoms with Crippen molar-refractivity contribution in [1.82, 2.24) is 5.32 Å². The second-order valence-electron chi connectivity index (χ2n) is 6.21. The second kappa shape index (κ2) is 16.3. The first-order valence-electron chi connectivity index (χ1n) is 9.85. The van der Waals surface area contributed by atoms with Crippen LogP contribution in [0.4, 0.5) is 10.5 Å². The van der Waals surface area contributed by atoms with E-state index in [9.17, 15) is 9.59 Å². The third-order valence-corrected chi connectivity index (χ3v) is 3.91. The molecule has 1 atom stereocenters. The van der Waals surface area contributed by atoms with Crippen molar-refractivity contribution in [2.45, 2.75) is 12.8 Å². The summed E-state index contributed by atoms with van der Waals surface area (Å²) in [7, 11) is 0. The van der Waals surface area contributed by atoms with Gasteiger partial charge in [0.1, 0.15) is 6.61 Å². The molecule has 0 saturated carbocycles. The van der Waals surface area contributed by atoms with E-state index in [0.717, 1.165) is 5.56 Å². The van der Waals surface area contributed by atoms with Gasteiger partial charge >= 0.3 is 6.09 Å². The van der Waals surface area contributed by atoms with E-state index in [-0.39, 0.29) is 25.0 Å². The number of benzene rings is 1. The molecule has 0 radical (unpaired) electrons. The molecule has 168 valence electrons. The van der Waals surface area contributed by atoms with Gasteiger partial charge in [0.2, 0.25) is 5.91 Å². The third-order valence-electron chi connectivity index (χ3n) is 3.91. The predicted octanol–water partition coefficient (Wildman–Crippen LogP) is 1.68. The van der Waals surface area contributed by atoms with E-state index >= 15 is 0 Å². The lowest BCUT2D eigenvalue weighted by atomic mass is 10.00. The molecule has 9 heteroatoms. The van der Waals surface area contributed by atoms with Crippen LogP contribution in [0, 0.1) is 0 Å². The number of aliphatic hydroxyl groups excluding tert-OH is 1. The Kier molecular flexibility index (Phi) is 13.9. The maximum atomic E-state index is 12.3. The number of nitrogens with one attached hydrogen (secondary N) is 2. The lowest BCUT2D eigenvalue weighted by Gasteiger charge is -2.13. The molecule has 1 unspecified atom stereocenters. The Morgan fingerprint density at radius 2 is 1.63 bits per heavy atom. The molecule has 1 rings (SSSR count). The molecule has 9 nitrogen and oxygen atoms in total. The van der Waals surface area contributed by atoms with Gasteiger partial charge in [-0.05, 0) is 24.6 Å². The molecule has 0 fully saturated rings. The Hall–Kier alpha value is -2.46. The number of amides is 2. The fourth-order valence-corrected chi connectivity index (χ4v) is 2.30. The molecule has 0 aliphatic heterocycles. The van der Waals surface area contributed by atoms with E-state index in [4.69, 9.17) is 24.1 Å². The van der Waals surface area contributed by atoms with Crippen LogP contribution in [0.5, 0.6) is 0 Å². The molecule has 0 heterocycles. The molecule has 2 amide bonds. The molecule has 30 heavy (non-hydrogen) atoms. The highest BCUT2D eigenvalue weighted by atomic mass is 16.6. The van der Waals surface area contributed by atoms with E-state index in [1.807, 2.05) is 6.92 Å². The number of anilines is 1. The summed E-state index contributed by atoms with van der Waals surface area (Å²) in [5, 5.41) is 14.0. The Bertz CT molecular complexity index is 622. The normalized spacial score (nSPS) is 11.5. The minimum absolute atomic E-state index is 0.00280. The molecule has 1 aromatic carbocycles. The zero-order chi connectivity index (χ0) is 22.0. The highest BCUT2D eigenvalue weighted by Gasteiger charge is 2.14. The number of aliphatic hydroxyl groups is 1. The summed E-state index contributed by atoms with van der Waals surface area (Å²) in [6.45, 7) is 8.27. The van der Waals surface area contributed by atoms with Crippen molar-refractivity contribution in [1.29, 1.82) is 0 Å². The Morgan fingerprint density at radius 3 is 2.23 bits per heavy atom. The average Bonchev–Trinajstić information content (AvgIpc) is 2.76. The highest BCUT2D eigenvalue weighted by molar-refractivity contribution is 5.85. The van der Waals surface area contributed by atoms with Crippen molar-refractivity contribution in [3.05, 3.63) is 42.5 Å². The third kappa shape index (κ3) is 11.5. The first-order chi connectivity index (χ1) is 14.6. The lowest BCUT2D eigenvalue weighted by molar-refractivity contribution is -0.122. The van der Waals surface area contributed by atoms with Crippen molar-refractivity contribution in [3.63, 3.8) is 0 Å². The zero-order valence-corrected chi connectivity index (χ0v) is 17.4. The lowest BCUT2D eigenvalue weighted by Crippen LogP contribution is -2.31. The minimum atomic E-state index is -0.561. The fraction of sp³-hybridized carbons (Fsp3) is 0.524. The summed E-state index contributed by atoms with van der Waals surface area (Å²) in [6.07, 6.45) is 0.925. The summed E-state index contributed by atoms with van der Waals surface area (Å²) in [4.78, 5) is 23.8. The maximum absolute atomic E-state index is 12.3. The number of carbonyl (C=O) groups excluding carboxylic acids is 2. The second-order valence-corrected chi connectivity index (χ2v) is 6.21. The van der Waals surface area contributed by atoms with Crippen LogP contribution in [0.15, 0.2) is 36.9 Å². The quantitative estimate of drug-likeness (QED) is 0.273. The largest absolute Gasteiger partial charge is 0.445 e. The van der Waals surface area contributed by atoms with Gasteiger partial charge in [-0.2, -0.15) is 0 Å². The van der Waals surface area contributed by atoms with Gasteiger partial charge in [-0.3, -0.25) is 10.1 Å². The van der Waals surface area contributed by atoms with Gasteiger partial charge in [-0.15, -0.1) is 0 Å². The van der Waals surface area contributed by atoms with Crippen LogP contribution in [-0.4, -0.2) is 76.5 Å². The highest BCUT2D eigenvalue weighted by Crippen LogP contribution is 2.18. The number of hydrogen-bond acceptors (Lipinski definition) is 7. The Balaban J connectivity index is 2.17. The topological polar surface area (TPSA) is 115 Å². The van der Waals surface area contributed by atoms with Crippen molar-refractivity contribution >= 4 is 17.7 Å². The zero-order valence-electron chi connectivity index (χ0n) is 17.4. The minimum Gasteiger partial charge on any atom is -0.445 e. The maximum Gasteiger partial charge on any atom is 0.411 e. The van der Waals surface area contributed by atoms with Crippen LogP contribution < -0.4 is 10.6 Å². The molecule has 1 aromatic rings. The van der Waals surface area contributed by atoms with Crippen LogP contribution >= 0.6 is 0 Å². The van der Waals surface area contributed by atoms with Gasteiger partial charge in [0.05, 0.1) is 52.2 Å². The molecule has 0 bridgehead atoms. The standard InChI is InChI=1S/C21H32N2O7/c1-3-10-30-21(26)23-19-6-4-18(5-7-19)17(2)20(25)22-8-11-27-13-15-29-16-14-28-12-9-24/h3-7,17,24H,1,8-16H2,2H3,(H,22,25)(H,23,26). The fourth-order valence-electron chi connectivity index (χ4n) is 2.30. The molecule has 0 spiro atoms. The van der Waals surface area contributed by atoms with Crippen LogP contribution in [0.1, 0.15) is 18.4 Å². The number of hydrogen-bond donors (Lipinski definition) is 3. The SMILES string of the molecule is C=CCOC(=O)Nc1ccc(C(C)C(=O)NCCOCCOCCOCCO)cc1. The van der Waals surface area contributed by atoms with E-state index in [1.54, 1.807) is 24.3 Å². The Morgan fingerprint density at radius 1 is 1.03 bits per heavy atom. The van der Waals surface area contributed by atoms with Gasteiger partial charge in [0.15, 0.2) is 0 Å². The van der Waals surface area contributed by atoms with E-state index in [0.29, 0.717) is 51.9 Å². The predicted molar refractivity (Wildman–Crippen MR) is 113 cm³/mol. The molecule has 0 saturated heterocycles. The first-order valence-corrected chi connectivity index (χ1v) is 9.85. The summed E-state index contributed by atoms with van der Waals surface area (Å²) in [6, 6.07) is 7.00. The van der Waals surface area contributed by atoms with Crippen molar-refractivity contribution in [2.24, 2.45) is 0 Å². The molecular weight excluding hydrogens is 392 g/mol. The monoisotopic (exact) mass is 424 g/mol. The average molecular weight is 424 g/mol.